The van der Waals surface area contributed by atoms with E-state index >= 15 is 0 Å². The van der Waals surface area contributed by atoms with Gasteiger partial charge in [-0.25, -0.2) is 14.2 Å². The van der Waals surface area contributed by atoms with Crippen LogP contribution in [0.25, 0.3) is 0 Å². The molecule has 7 nitrogen and oxygen atoms in total. The van der Waals surface area contributed by atoms with Gasteiger partial charge in [-0.15, -0.1) is 0 Å². The molecule has 156 valence electrons. The van der Waals surface area contributed by atoms with Crippen molar-refractivity contribution >= 4 is 23.5 Å². The molecule has 0 aliphatic heterocycles. The molecule has 1 aromatic heterocycles. The molecular weight excluding hydrogens is 394 g/mol. The zero-order chi connectivity index (χ0) is 21.9. The fourth-order valence-electron chi connectivity index (χ4n) is 2.72. The third-order valence-electron chi connectivity index (χ3n) is 4.17. The summed E-state index contributed by atoms with van der Waals surface area (Å²) in [5, 5.41) is 14.8. The first-order valence-corrected chi connectivity index (χ1v) is 8.44. The second-order valence-electron chi connectivity index (χ2n) is 6.31. The first kappa shape index (κ1) is 22.1. The van der Waals surface area contributed by atoms with Gasteiger partial charge >= 0.3 is 12.2 Å². The van der Waals surface area contributed by atoms with Crippen LogP contribution in [-0.2, 0) is 0 Å². The van der Waals surface area contributed by atoms with Gasteiger partial charge in [-0.1, -0.05) is 6.08 Å². The summed E-state index contributed by atoms with van der Waals surface area (Å²) in [5.74, 6) is -1.86. The van der Waals surface area contributed by atoms with E-state index in [0.29, 0.717) is 17.5 Å². The number of rotatable bonds is 4. The fourth-order valence-corrected chi connectivity index (χ4v) is 2.72. The molecule has 11 heteroatoms. The maximum absolute atomic E-state index is 13.4. The number of aromatic nitrogens is 1. The monoisotopic (exact) mass is 413 g/mol. The van der Waals surface area contributed by atoms with Gasteiger partial charge in [-0.05, 0) is 26.0 Å². The minimum atomic E-state index is -4.86. The molecule has 1 aromatic rings. The number of nitrogens with one attached hydrogen (secondary N) is 4. The van der Waals surface area contributed by atoms with E-state index < -0.39 is 42.0 Å². The Balaban J connectivity index is 2.11. The highest BCUT2D eigenvalue weighted by Crippen LogP contribution is 2.35. The van der Waals surface area contributed by atoms with Crippen molar-refractivity contribution in [2.45, 2.75) is 32.5 Å². The number of hydrogen-bond acceptors (Lipinski definition) is 5. The van der Waals surface area contributed by atoms with Crippen LogP contribution in [0.5, 0.6) is 0 Å². The summed E-state index contributed by atoms with van der Waals surface area (Å²) < 4.78 is 51.8. The number of amides is 3. The van der Waals surface area contributed by atoms with Crippen LogP contribution in [-0.4, -0.2) is 41.9 Å². The van der Waals surface area contributed by atoms with E-state index in [1.54, 1.807) is 7.05 Å². The Bertz CT molecular complexity index is 922. The SMILES string of the molecule is CNc1nc(C)c(C(=O)NC(=O)NC2C=CC(F)=C(C(F)(F)F)C2)cc1C(C)=N. The minimum Gasteiger partial charge on any atom is -0.373 e. The van der Waals surface area contributed by atoms with Crippen molar-refractivity contribution in [2.24, 2.45) is 0 Å². The van der Waals surface area contributed by atoms with Gasteiger partial charge in [0.1, 0.15) is 11.6 Å². The normalized spacial score (nSPS) is 16.4. The highest BCUT2D eigenvalue weighted by atomic mass is 19.4. The lowest BCUT2D eigenvalue weighted by molar-refractivity contribution is -0.0963. The topological polar surface area (TPSA) is 107 Å². The first-order valence-electron chi connectivity index (χ1n) is 8.44. The molecular formula is C18H19F4N5O2. The predicted octanol–water partition coefficient (Wildman–Crippen LogP) is 3.37. The van der Waals surface area contributed by atoms with Gasteiger partial charge in [0, 0.05) is 24.7 Å². The van der Waals surface area contributed by atoms with Crippen molar-refractivity contribution in [3.8, 4) is 0 Å². The van der Waals surface area contributed by atoms with E-state index in [4.69, 9.17) is 5.41 Å². The Hall–Kier alpha value is -3.24. The molecule has 4 N–H and O–H groups in total. The Labute approximate surface area is 163 Å². The molecule has 1 atom stereocenters. The Morgan fingerprint density at radius 1 is 1.28 bits per heavy atom. The Morgan fingerprint density at radius 2 is 1.93 bits per heavy atom. The summed E-state index contributed by atoms with van der Waals surface area (Å²) in [6, 6.07) is -0.789. The average molecular weight is 413 g/mol. The van der Waals surface area contributed by atoms with E-state index in [1.807, 2.05) is 5.32 Å². The van der Waals surface area contributed by atoms with Crippen LogP contribution in [0.1, 0.15) is 35.0 Å². The van der Waals surface area contributed by atoms with Crippen LogP contribution in [0.15, 0.2) is 29.6 Å². The Kier molecular flexibility index (Phi) is 6.40. The average Bonchev–Trinajstić information content (AvgIpc) is 2.61. The van der Waals surface area contributed by atoms with Gasteiger partial charge in [-0.3, -0.25) is 10.1 Å². The lowest BCUT2D eigenvalue weighted by Crippen LogP contribution is -2.45. The number of nitrogens with zero attached hydrogens (tertiary/aromatic N) is 1. The second kappa shape index (κ2) is 8.41. The summed E-state index contributed by atoms with van der Waals surface area (Å²) in [7, 11) is 1.60. The lowest BCUT2D eigenvalue weighted by atomic mass is 9.99. The number of halogens is 4. The minimum absolute atomic E-state index is 0.0295. The van der Waals surface area contributed by atoms with Gasteiger partial charge in [0.05, 0.1) is 22.9 Å². The summed E-state index contributed by atoms with van der Waals surface area (Å²) in [5.41, 5.74) is -0.575. The molecule has 29 heavy (non-hydrogen) atoms. The van der Waals surface area contributed by atoms with E-state index in [-0.39, 0.29) is 17.0 Å². The van der Waals surface area contributed by atoms with Crippen molar-refractivity contribution < 1.29 is 27.2 Å². The summed E-state index contributed by atoms with van der Waals surface area (Å²) in [6.45, 7) is 3.03. The largest absolute Gasteiger partial charge is 0.415 e. The molecule has 1 aliphatic carbocycles. The maximum Gasteiger partial charge on any atom is 0.415 e. The van der Waals surface area contributed by atoms with Crippen LogP contribution < -0.4 is 16.0 Å². The maximum atomic E-state index is 13.4. The van der Waals surface area contributed by atoms with Crippen molar-refractivity contribution in [2.75, 3.05) is 12.4 Å². The van der Waals surface area contributed by atoms with E-state index in [1.165, 1.54) is 19.9 Å². The number of alkyl halides is 3. The van der Waals surface area contributed by atoms with Crippen LogP contribution in [0.4, 0.5) is 28.2 Å². The molecule has 1 heterocycles. The first-order chi connectivity index (χ1) is 13.4. The number of aryl methyl sites for hydroxylation is 1. The second-order valence-corrected chi connectivity index (χ2v) is 6.31. The van der Waals surface area contributed by atoms with E-state index in [9.17, 15) is 27.2 Å². The molecule has 2 rings (SSSR count). The van der Waals surface area contributed by atoms with Crippen molar-refractivity contribution in [3.05, 3.63) is 46.4 Å². The lowest BCUT2D eigenvalue weighted by Gasteiger charge is -2.22. The third kappa shape index (κ3) is 5.18. The Morgan fingerprint density at radius 3 is 2.48 bits per heavy atom. The number of carbonyl (C=O) groups excluding carboxylic acids is 2. The fraction of sp³-hybridized carbons (Fsp3) is 0.333. The molecule has 3 amide bonds. The quantitative estimate of drug-likeness (QED) is 0.448. The molecule has 0 fully saturated rings. The summed E-state index contributed by atoms with van der Waals surface area (Å²) in [4.78, 5) is 28.6. The van der Waals surface area contributed by atoms with Gasteiger partial charge in [0.2, 0.25) is 0 Å². The van der Waals surface area contributed by atoms with Crippen molar-refractivity contribution in [1.29, 1.82) is 5.41 Å². The molecule has 0 saturated carbocycles. The van der Waals surface area contributed by atoms with Gasteiger partial charge in [0.25, 0.3) is 5.91 Å². The molecule has 0 saturated heterocycles. The molecule has 0 spiro atoms. The van der Waals surface area contributed by atoms with Gasteiger partial charge < -0.3 is 16.0 Å². The van der Waals surface area contributed by atoms with Crippen molar-refractivity contribution in [3.63, 3.8) is 0 Å². The van der Waals surface area contributed by atoms with Gasteiger partial charge in [-0.2, -0.15) is 13.2 Å². The molecule has 0 bridgehead atoms. The van der Waals surface area contributed by atoms with Crippen LogP contribution in [0.2, 0.25) is 0 Å². The number of allylic oxidation sites excluding steroid dienone is 2. The highest BCUT2D eigenvalue weighted by molar-refractivity contribution is 6.08. The van der Waals surface area contributed by atoms with Crippen LogP contribution >= 0.6 is 0 Å². The summed E-state index contributed by atoms with van der Waals surface area (Å²) in [6.07, 6.45) is -3.95. The summed E-state index contributed by atoms with van der Waals surface area (Å²) >= 11 is 0. The molecule has 0 aromatic carbocycles. The highest BCUT2D eigenvalue weighted by Gasteiger charge is 2.39. The number of urea groups is 1. The number of imide groups is 1. The smallest absolute Gasteiger partial charge is 0.373 e. The molecule has 1 unspecified atom stereocenters. The zero-order valence-electron chi connectivity index (χ0n) is 15.8. The van der Waals surface area contributed by atoms with Gasteiger partial charge in [0.15, 0.2) is 0 Å². The standard InChI is InChI=1S/C18H19F4N5O2/c1-8(23)11-7-12(9(2)25-15(11)24-3)16(28)27-17(29)26-10-4-5-14(19)13(6-10)18(20,21)22/h4-5,7,10,23H,6H2,1-3H3,(H,24,25)(H2,26,27,28,29). The molecule has 0 radical (unpaired) electrons. The molecule has 1 aliphatic rings. The third-order valence-corrected chi connectivity index (χ3v) is 4.17. The predicted molar refractivity (Wildman–Crippen MR) is 98.8 cm³/mol. The van der Waals surface area contributed by atoms with Crippen LogP contribution in [0, 0.1) is 12.3 Å². The zero-order valence-corrected chi connectivity index (χ0v) is 15.8. The number of hydrogen-bond donors (Lipinski definition) is 4. The number of anilines is 1. The number of carbonyl (C=O) groups is 2. The van der Waals surface area contributed by atoms with Crippen molar-refractivity contribution in [1.82, 2.24) is 15.6 Å². The van der Waals surface area contributed by atoms with Crippen LogP contribution in [0.3, 0.4) is 0 Å². The van der Waals surface area contributed by atoms with E-state index in [2.05, 4.69) is 15.6 Å². The number of pyridine rings is 1. The van der Waals surface area contributed by atoms with E-state index in [0.717, 1.165) is 6.08 Å².